The Labute approximate surface area is 123 Å². The second-order valence-electron chi connectivity index (χ2n) is 5.67. The molecule has 3 heteroatoms. The summed E-state index contributed by atoms with van der Waals surface area (Å²) < 4.78 is 5.82. The summed E-state index contributed by atoms with van der Waals surface area (Å²) in [6, 6.07) is 8.69. The Bertz CT molecular complexity index is 381. The molecule has 0 saturated carbocycles. The number of quaternary nitrogens is 1. The Balaban J connectivity index is 2.49. The van der Waals surface area contributed by atoms with Crippen molar-refractivity contribution in [2.75, 3.05) is 13.2 Å². The van der Waals surface area contributed by atoms with E-state index in [0.717, 1.165) is 18.6 Å². The Kier molecular flexibility index (Phi) is 7.63. The van der Waals surface area contributed by atoms with Crippen LogP contribution in [0.15, 0.2) is 24.3 Å². The van der Waals surface area contributed by atoms with Crippen LogP contribution < -0.4 is 10.1 Å². The fourth-order valence-corrected chi connectivity index (χ4v) is 2.05. The molecule has 1 aromatic carbocycles. The summed E-state index contributed by atoms with van der Waals surface area (Å²) >= 11 is 0. The number of aliphatic hydroxyl groups is 1. The number of nitrogens with two attached hydrogens (primary N) is 1. The summed E-state index contributed by atoms with van der Waals surface area (Å²) in [4.78, 5) is 0. The average Bonchev–Trinajstić information content (AvgIpc) is 2.49. The van der Waals surface area contributed by atoms with Crippen molar-refractivity contribution in [2.24, 2.45) is 0 Å². The zero-order chi connectivity index (χ0) is 15.0. The molecule has 0 aliphatic rings. The summed E-state index contributed by atoms with van der Waals surface area (Å²) in [5, 5.41) is 12.2. The molecule has 3 atom stereocenters. The van der Waals surface area contributed by atoms with Crippen molar-refractivity contribution >= 4 is 0 Å². The van der Waals surface area contributed by atoms with Gasteiger partial charge in [0.05, 0.1) is 6.04 Å². The molecular formula is C17H30NO2+. The van der Waals surface area contributed by atoms with Gasteiger partial charge in [0.2, 0.25) is 0 Å². The van der Waals surface area contributed by atoms with Crippen LogP contribution in [0.4, 0.5) is 0 Å². The third-order valence-electron chi connectivity index (χ3n) is 3.95. The van der Waals surface area contributed by atoms with Crippen LogP contribution in [0.5, 0.6) is 5.75 Å². The van der Waals surface area contributed by atoms with E-state index in [-0.39, 0.29) is 0 Å². The lowest BCUT2D eigenvalue weighted by Crippen LogP contribution is -2.91. The number of hydrogen-bond donors (Lipinski definition) is 2. The molecule has 0 fully saturated rings. The molecule has 0 unspecified atom stereocenters. The first-order valence-corrected chi connectivity index (χ1v) is 7.81. The van der Waals surface area contributed by atoms with Gasteiger partial charge in [0.1, 0.15) is 25.0 Å². The molecule has 0 aromatic heterocycles. The van der Waals surface area contributed by atoms with Crippen LogP contribution in [0.3, 0.4) is 0 Å². The fourth-order valence-electron chi connectivity index (χ4n) is 2.05. The molecule has 1 rings (SSSR count). The molecule has 20 heavy (non-hydrogen) atoms. The minimum absolute atomic E-state index is 0.361. The van der Waals surface area contributed by atoms with Gasteiger partial charge in [0, 0.05) is 0 Å². The maximum absolute atomic E-state index is 9.99. The third kappa shape index (κ3) is 5.51. The van der Waals surface area contributed by atoms with Crippen molar-refractivity contribution < 1.29 is 15.2 Å². The molecule has 0 bridgehead atoms. The van der Waals surface area contributed by atoms with Crippen LogP contribution in [-0.2, 0) is 0 Å². The maximum atomic E-state index is 9.99. The zero-order valence-electron chi connectivity index (χ0n) is 13.3. The number of aliphatic hydroxyl groups excluding tert-OH is 1. The minimum atomic E-state index is -0.422. The molecule has 3 N–H and O–H groups in total. The van der Waals surface area contributed by atoms with Gasteiger partial charge < -0.3 is 15.2 Å². The van der Waals surface area contributed by atoms with E-state index >= 15 is 0 Å². The number of benzene rings is 1. The Morgan fingerprint density at radius 1 is 1.15 bits per heavy atom. The summed E-state index contributed by atoms with van der Waals surface area (Å²) in [7, 11) is 0. The molecular weight excluding hydrogens is 250 g/mol. The molecule has 0 aliphatic carbocycles. The van der Waals surface area contributed by atoms with Crippen molar-refractivity contribution in [3.05, 3.63) is 29.8 Å². The smallest absolute Gasteiger partial charge is 0.137 e. The zero-order valence-corrected chi connectivity index (χ0v) is 13.3. The van der Waals surface area contributed by atoms with Crippen LogP contribution in [0.1, 0.15) is 52.0 Å². The van der Waals surface area contributed by atoms with Gasteiger partial charge in [-0.25, -0.2) is 0 Å². The van der Waals surface area contributed by atoms with E-state index in [1.807, 2.05) is 18.2 Å². The standard InChI is InChI=1S/C17H29NO2/c1-5-13(3)16-9-7-8-10-17(16)20-12-15(19)11-18-14(4)6-2/h7-10,13-15,18-19H,5-6,11-12H2,1-4H3/p+1/t13-,14-,15-/m0/s1. The molecule has 0 saturated heterocycles. The average molecular weight is 280 g/mol. The largest absolute Gasteiger partial charge is 0.490 e. The summed E-state index contributed by atoms with van der Waals surface area (Å²) in [6.45, 7) is 9.77. The van der Waals surface area contributed by atoms with Gasteiger partial charge in [0.25, 0.3) is 0 Å². The molecule has 1 aromatic rings. The fraction of sp³-hybridized carbons (Fsp3) is 0.647. The number of ether oxygens (including phenoxy) is 1. The predicted molar refractivity (Wildman–Crippen MR) is 83.2 cm³/mol. The highest BCUT2D eigenvalue weighted by Crippen LogP contribution is 2.28. The summed E-state index contributed by atoms with van der Waals surface area (Å²) in [5.41, 5.74) is 1.23. The van der Waals surface area contributed by atoms with Gasteiger partial charge in [-0.15, -0.1) is 0 Å². The normalized spacial score (nSPS) is 15.7. The predicted octanol–water partition coefficient (Wildman–Crippen LogP) is 2.30. The highest BCUT2D eigenvalue weighted by atomic mass is 16.5. The molecule has 0 aliphatic heterocycles. The van der Waals surface area contributed by atoms with E-state index in [9.17, 15) is 5.11 Å². The first kappa shape index (κ1) is 17.0. The lowest BCUT2D eigenvalue weighted by atomic mass is 9.98. The monoisotopic (exact) mass is 280 g/mol. The lowest BCUT2D eigenvalue weighted by molar-refractivity contribution is -0.691. The van der Waals surface area contributed by atoms with Crippen LogP contribution in [-0.4, -0.2) is 30.4 Å². The Morgan fingerprint density at radius 2 is 1.85 bits per heavy atom. The quantitative estimate of drug-likeness (QED) is 0.729. The summed E-state index contributed by atoms with van der Waals surface area (Å²) in [6.07, 6.45) is 1.78. The van der Waals surface area contributed by atoms with Crippen LogP contribution in [0, 0.1) is 0 Å². The Morgan fingerprint density at radius 3 is 2.50 bits per heavy atom. The topological polar surface area (TPSA) is 46.1 Å². The molecule has 114 valence electrons. The molecule has 0 spiro atoms. The third-order valence-corrected chi connectivity index (χ3v) is 3.95. The van der Waals surface area contributed by atoms with Crippen LogP contribution >= 0.6 is 0 Å². The SMILES string of the molecule is CC[C@H](C)[NH2+]C[C@H](O)COc1ccccc1[C@@H](C)CC. The minimum Gasteiger partial charge on any atom is -0.490 e. The van der Waals surface area contributed by atoms with Crippen molar-refractivity contribution in [3.8, 4) is 5.75 Å². The van der Waals surface area contributed by atoms with E-state index in [2.05, 4.69) is 39.1 Å². The van der Waals surface area contributed by atoms with E-state index in [1.54, 1.807) is 0 Å². The molecule has 3 nitrogen and oxygen atoms in total. The van der Waals surface area contributed by atoms with Crippen molar-refractivity contribution in [2.45, 2.75) is 58.6 Å². The van der Waals surface area contributed by atoms with Gasteiger partial charge >= 0.3 is 0 Å². The number of rotatable bonds is 9. The maximum Gasteiger partial charge on any atom is 0.137 e. The van der Waals surface area contributed by atoms with Crippen molar-refractivity contribution in [3.63, 3.8) is 0 Å². The lowest BCUT2D eigenvalue weighted by Gasteiger charge is -2.18. The second kappa shape index (κ2) is 8.98. The van der Waals surface area contributed by atoms with E-state index in [4.69, 9.17) is 4.74 Å². The molecule has 0 radical (unpaired) electrons. The van der Waals surface area contributed by atoms with Gasteiger partial charge in [0.15, 0.2) is 0 Å². The van der Waals surface area contributed by atoms with Gasteiger partial charge in [-0.2, -0.15) is 0 Å². The van der Waals surface area contributed by atoms with Gasteiger partial charge in [-0.05, 0) is 37.3 Å². The molecule has 0 heterocycles. The number of para-hydroxylation sites is 1. The van der Waals surface area contributed by atoms with E-state index in [1.165, 1.54) is 5.56 Å². The first-order chi connectivity index (χ1) is 9.58. The Hall–Kier alpha value is -1.06. The van der Waals surface area contributed by atoms with Crippen molar-refractivity contribution in [1.29, 1.82) is 0 Å². The van der Waals surface area contributed by atoms with Gasteiger partial charge in [-0.3, -0.25) is 0 Å². The van der Waals surface area contributed by atoms with Crippen LogP contribution in [0.25, 0.3) is 0 Å². The summed E-state index contributed by atoms with van der Waals surface area (Å²) in [5.74, 6) is 1.39. The number of hydrogen-bond acceptors (Lipinski definition) is 2. The molecule has 0 amide bonds. The first-order valence-electron chi connectivity index (χ1n) is 7.81. The van der Waals surface area contributed by atoms with E-state index < -0.39 is 6.10 Å². The van der Waals surface area contributed by atoms with Crippen molar-refractivity contribution in [1.82, 2.24) is 0 Å². The second-order valence-corrected chi connectivity index (χ2v) is 5.67. The van der Waals surface area contributed by atoms with Gasteiger partial charge in [-0.1, -0.05) is 39.0 Å². The highest BCUT2D eigenvalue weighted by Gasteiger charge is 2.13. The van der Waals surface area contributed by atoms with E-state index in [0.29, 0.717) is 25.1 Å². The van der Waals surface area contributed by atoms with Crippen LogP contribution in [0.2, 0.25) is 0 Å². The highest BCUT2D eigenvalue weighted by molar-refractivity contribution is 5.35.